The highest BCUT2D eigenvalue weighted by atomic mass is 16.5. The fraction of sp³-hybridized carbons (Fsp3) is 0.120. The second-order valence-electron chi connectivity index (χ2n) is 7.32. The number of amides is 1. The summed E-state index contributed by atoms with van der Waals surface area (Å²) in [5.41, 5.74) is 5.39. The van der Waals surface area contributed by atoms with Crippen molar-refractivity contribution < 1.29 is 9.53 Å². The quantitative estimate of drug-likeness (QED) is 0.526. The number of hydrogen-bond acceptors (Lipinski definition) is 3. The average Bonchev–Trinajstić information content (AvgIpc) is 3.34. The Hall–Kier alpha value is -3.86. The summed E-state index contributed by atoms with van der Waals surface area (Å²) in [6, 6.07) is 27.8. The summed E-state index contributed by atoms with van der Waals surface area (Å²) in [5, 5.41) is 7.52. The molecule has 1 amide bonds. The van der Waals surface area contributed by atoms with E-state index in [0.29, 0.717) is 12.2 Å². The first-order valence-corrected chi connectivity index (χ1v) is 9.89. The van der Waals surface area contributed by atoms with Crippen LogP contribution in [0.3, 0.4) is 0 Å². The number of rotatable bonds is 5. The SMILES string of the molecule is COc1ccc(-c2n[nH]c3c2C(c2ccccc2)N(Cc2ccccc2)C3=O)cc1. The first-order valence-electron chi connectivity index (χ1n) is 9.89. The highest BCUT2D eigenvalue weighted by Crippen LogP contribution is 2.43. The van der Waals surface area contributed by atoms with E-state index in [2.05, 4.69) is 22.3 Å². The van der Waals surface area contributed by atoms with E-state index in [0.717, 1.165) is 33.7 Å². The predicted molar refractivity (Wildman–Crippen MR) is 115 cm³/mol. The second-order valence-corrected chi connectivity index (χ2v) is 7.32. The summed E-state index contributed by atoms with van der Waals surface area (Å²) >= 11 is 0. The molecule has 1 atom stereocenters. The van der Waals surface area contributed by atoms with Gasteiger partial charge in [-0.3, -0.25) is 9.89 Å². The van der Waals surface area contributed by atoms with E-state index in [9.17, 15) is 4.79 Å². The summed E-state index contributed by atoms with van der Waals surface area (Å²) in [6.45, 7) is 0.532. The van der Waals surface area contributed by atoms with Gasteiger partial charge in [0.15, 0.2) is 0 Å². The van der Waals surface area contributed by atoms with Gasteiger partial charge in [-0.2, -0.15) is 5.10 Å². The number of aromatic nitrogens is 2. The zero-order valence-corrected chi connectivity index (χ0v) is 16.6. The highest BCUT2D eigenvalue weighted by Gasteiger charge is 2.42. The van der Waals surface area contributed by atoms with Crippen LogP contribution in [0.25, 0.3) is 11.3 Å². The second kappa shape index (κ2) is 7.52. The van der Waals surface area contributed by atoms with Crippen molar-refractivity contribution in [1.29, 1.82) is 0 Å². The van der Waals surface area contributed by atoms with Crippen molar-refractivity contribution in [2.24, 2.45) is 0 Å². The molecule has 3 aromatic carbocycles. The van der Waals surface area contributed by atoms with Crippen LogP contribution in [-0.2, 0) is 6.54 Å². The van der Waals surface area contributed by atoms with Gasteiger partial charge in [0.2, 0.25) is 0 Å². The molecule has 30 heavy (non-hydrogen) atoms. The van der Waals surface area contributed by atoms with Gasteiger partial charge < -0.3 is 9.64 Å². The van der Waals surface area contributed by atoms with E-state index in [1.165, 1.54) is 0 Å². The van der Waals surface area contributed by atoms with Crippen LogP contribution in [0, 0.1) is 0 Å². The summed E-state index contributed by atoms with van der Waals surface area (Å²) < 4.78 is 5.28. The fourth-order valence-corrected chi connectivity index (χ4v) is 4.09. The molecule has 0 saturated heterocycles. The van der Waals surface area contributed by atoms with Crippen LogP contribution in [0.4, 0.5) is 0 Å². The molecule has 5 nitrogen and oxygen atoms in total. The molecule has 1 N–H and O–H groups in total. The minimum Gasteiger partial charge on any atom is -0.497 e. The minimum absolute atomic E-state index is 0.0324. The molecule has 0 aliphatic carbocycles. The van der Waals surface area contributed by atoms with Crippen LogP contribution in [-0.4, -0.2) is 28.1 Å². The molecule has 5 heteroatoms. The maximum Gasteiger partial charge on any atom is 0.273 e. The van der Waals surface area contributed by atoms with E-state index in [1.54, 1.807) is 7.11 Å². The Bertz CT molecular complexity index is 1170. The van der Waals surface area contributed by atoms with Gasteiger partial charge in [-0.1, -0.05) is 60.7 Å². The van der Waals surface area contributed by atoms with Gasteiger partial charge in [0.05, 0.1) is 18.8 Å². The maximum absolute atomic E-state index is 13.4. The van der Waals surface area contributed by atoms with Gasteiger partial charge in [-0.25, -0.2) is 0 Å². The molecule has 148 valence electrons. The highest BCUT2D eigenvalue weighted by molar-refractivity contribution is 6.00. The molecule has 1 aromatic heterocycles. The molecule has 1 aliphatic heterocycles. The van der Waals surface area contributed by atoms with Gasteiger partial charge >= 0.3 is 0 Å². The van der Waals surface area contributed by atoms with Crippen molar-refractivity contribution in [3.63, 3.8) is 0 Å². The van der Waals surface area contributed by atoms with Crippen molar-refractivity contribution in [1.82, 2.24) is 15.1 Å². The third kappa shape index (κ3) is 3.05. The van der Waals surface area contributed by atoms with E-state index in [-0.39, 0.29) is 11.9 Å². The Morgan fingerprint density at radius 3 is 2.27 bits per heavy atom. The van der Waals surface area contributed by atoms with Gasteiger partial charge in [-0.05, 0) is 35.4 Å². The molecule has 0 spiro atoms. The predicted octanol–water partition coefficient (Wildman–Crippen LogP) is 4.83. The summed E-state index contributed by atoms with van der Waals surface area (Å²) in [4.78, 5) is 15.3. The van der Waals surface area contributed by atoms with Crippen molar-refractivity contribution in [3.05, 3.63) is 107 Å². The maximum atomic E-state index is 13.4. The zero-order valence-electron chi connectivity index (χ0n) is 16.6. The number of hydrogen-bond donors (Lipinski definition) is 1. The molecule has 1 unspecified atom stereocenters. The molecular weight excluding hydrogens is 374 g/mol. The van der Waals surface area contributed by atoms with E-state index >= 15 is 0 Å². The first kappa shape index (κ1) is 18.2. The van der Waals surface area contributed by atoms with Crippen molar-refractivity contribution in [2.75, 3.05) is 7.11 Å². The Labute approximate surface area is 174 Å². The molecule has 0 saturated carbocycles. The smallest absolute Gasteiger partial charge is 0.273 e. The Morgan fingerprint density at radius 1 is 0.933 bits per heavy atom. The lowest BCUT2D eigenvalue weighted by molar-refractivity contribution is 0.0730. The van der Waals surface area contributed by atoms with Gasteiger partial charge in [0.25, 0.3) is 5.91 Å². The number of nitrogens with one attached hydrogen (secondary N) is 1. The summed E-state index contributed by atoms with van der Waals surface area (Å²) in [7, 11) is 1.65. The van der Waals surface area contributed by atoms with Crippen LogP contribution >= 0.6 is 0 Å². The van der Waals surface area contributed by atoms with E-state index < -0.39 is 0 Å². The topological polar surface area (TPSA) is 58.2 Å². The lowest BCUT2D eigenvalue weighted by atomic mass is 9.96. The first-order chi connectivity index (χ1) is 14.8. The average molecular weight is 395 g/mol. The number of carbonyl (C=O) groups excluding carboxylic acids is 1. The van der Waals surface area contributed by atoms with E-state index in [4.69, 9.17) is 4.74 Å². The third-order valence-corrected chi connectivity index (χ3v) is 5.54. The molecule has 1 aliphatic rings. The van der Waals surface area contributed by atoms with Crippen LogP contribution < -0.4 is 4.74 Å². The van der Waals surface area contributed by atoms with Crippen molar-refractivity contribution in [3.8, 4) is 17.0 Å². The van der Waals surface area contributed by atoms with Crippen LogP contribution in [0.5, 0.6) is 5.75 Å². The fourth-order valence-electron chi connectivity index (χ4n) is 4.09. The number of carbonyl (C=O) groups is 1. The largest absolute Gasteiger partial charge is 0.497 e. The molecular formula is C25H21N3O2. The van der Waals surface area contributed by atoms with Crippen LogP contribution in [0.1, 0.15) is 33.2 Å². The number of methoxy groups -OCH3 is 1. The van der Waals surface area contributed by atoms with Crippen molar-refractivity contribution >= 4 is 5.91 Å². The summed E-state index contributed by atoms with van der Waals surface area (Å²) in [6.07, 6.45) is 0. The van der Waals surface area contributed by atoms with Gasteiger partial charge in [-0.15, -0.1) is 0 Å². The molecule has 2 heterocycles. The Morgan fingerprint density at radius 2 is 1.60 bits per heavy atom. The standard InChI is InChI=1S/C25H21N3O2/c1-30-20-14-12-18(13-15-20)22-21-23(27-26-22)25(29)28(16-17-8-4-2-5-9-17)24(21)19-10-6-3-7-11-19/h2-15,24H,16H2,1H3,(H,26,27). The van der Waals surface area contributed by atoms with Crippen molar-refractivity contribution in [2.45, 2.75) is 12.6 Å². The third-order valence-electron chi connectivity index (χ3n) is 5.54. The molecule has 0 radical (unpaired) electrons. The molecule has 0 fully saturated rings. The number of benzene rings is 3. The Kier molecular flexibility index (Phi) is 4.56. The van der Waals surface area contributed by atoms with Gasteiger partial charge in [0.1, 0.15) is 11.4 Å². The van der Waals surface area contributed by atoms with Crippen LogP contribution in [0.15, 0.2) is 84.9 Å². The zero-order chi connectivity index (χ0) is 20.5. The number of fused-ring (bicyclic) bond motifs is 1. The van der Waals surface area contributed by atoms with Gasteiger partial charge in [0, 0.05) is 17.7 Å². The van der Waals surface area contributed by atoms with E-state index in [1.807, 2.05) is 77.7 Å². The molecule has 4 aromatic rings. The Balaban J connectivity index is 1.62. The lowest BCUT2D eigenvalue weighted by Crippen LogP contribution is -2.29. The minimum atomic E-state index is -0.204. The summed E-state index contributed by atoms with van der Waals surface area (Å²) in [5.74, 6) is 0.752. The molecule has 0 bridgehead atoms. The van der Waals surface area contributed by atoms with Crippen LogP contribution in [0.2, 0.25) is 0 Å². The normalized spacial score (nSPS) is 15.3. The number of ether oxygens (including phenoxy) is 1. The number of H-pyrrole nitrogens is 1. The number of nitrogens with zero attached hydrogens (tertiary/aromatic N) is 2. The lowest BCUT2D eigenvalue weighted by Gasteiger charge is -2.26. The molecule has 5 rings (SSSR count). The number of aromatic amines is 1. The monoisotopic (exact) mass is 395 g/mol.